The first-order chi connectivity index (χ1) is 6.33. The van der Waals surface area contributed by atoms with Gasteiger partial charge in [-0.05, 0) is 17.9 Å². The molecular weight excluding hydrogens is 204 g/mol. The van der Waals surface area contributed by atoms with Crippen molar-refractivity contribution >= 4 is 22.1 Å². The molecule has 0 aromatic carbocycles. The lowest BCUT2D eigenvalue weighted by Gasteiger charge is -1.99. The van der Waals surface area contributed by atoms with Crippen LogP contribution in [0.25, 0.3) is 0 Å². The molecule has 1 heterocycles. The molecule has 0 saturated heterocycles. The minimum Gasteiger partial charge on any atom is -0.384 e. The molecule has 0 bridgehead atoms. The molecule has 0 amide bonds. The normalized spacial score (nSPS) is 13.0. The van der Waals surface area contributed by atoms with E-state index in [4.69, 9.17) is 4.74 Å². The highest BCUT2D eigenvalue weighted by Crippen LogP contribution is 2.09. The lowest BCUT2D eigenvalue weighted by Crippen LogP contribution is -2.08. The van der Waals surface area contributed by atoms with E-state index in [0.29, 0.717) is 12.4 Å². The van der Waals surface area contributed by atoms with E-state index in [0.717, 1.165) is 12.2 Å². The number of aryl methyl sites for hydroxylation is 1. The standard InChI is InChI=1S/C9H14O2S2/c1-11-5-8-13(10)7-4-9-3-2-6-12-9/h2-3,6H,4-5,7-8H2,1H3/t13-/m0/s1. The molecular formula is C9H14O2S2. The Morgan fingerprint density at radius 1 is 1.54 bits per heavy atom. The smallest absolute Gasteiger partial charge is 0.0577 e. The van der Waals surface area contributed by atoms with Gasteiger partial charge in [-0.1, -0.05) is 6.07 Å². The van der Waals surface area contributed by atoms with Crippen molar-refractivity contribution in [1.82, 2.24) is 0 Å². The number of thiophene rings is 1. The van der Waals surface area contributed by atoms with Crippen molar-refractivity contribution in [2.45, 2.75) is 6.42 Å². The van der Waals surface area contributed by atoms with Gasteiger partial charge in [0, 0.05) is 34.3 Å². The molecule has 4 heteroatoms. The maximum Gasteiger partial charge on any atom is 0.0577 e. The Hall–Kier alpha value is -0.190. The molecule has 13 heavy (non-hydrogen) atoms. The van der Waals surface area contributed by atoms with Gasteiger partial charge in [-0.25, -0.2) is 0 Å². The molecule has 0 saturated carbocycles. The van der Waals surface area contributed by atoms with Gasteiger partial charge >= 0.3 is 0 Å². The molecule has 0 aliphatic rings. The first-order valence-electron chi connectivity index (χ1n) is 4.19. The highest BCUT2D eigenvalue weighted by Gasteiger charge is 2.00. The maximum absolute atomic E-state index is 11.3. The van der Waals surface area contributed by atoms with E-state index >= 15 is 0 Å². The summed E-state index contributed by atoms with van der Waals surface area (Å²) < 4.78 is 16.2. The highest BCUT2D eigenvalue weighted by atomic mass is 32.2. The first-order valence-corrected chi connectivity index (χ1v) is 6.56. The van der Waals surface area contributed by atoms with Gasteiger partial charge in [-0.2, -0.15) is 0 Å². The Morgan fingerprint density at radius 3 is 3.00 bits per heavy atom. The second-order valence-electron chi connectivity index (χ2n) is 2.67. The van der Waals surface area contributed by atoms with Crippen LogP contribution in [0.3, 0.4) is 0 Å². The lowest BCUT2D eigenvalue weighted by molar-refractivity contribution is 0.218. The summed E-state index contributed by atoms with van der Waals surface area (Å²) in [7, 11) is 0.913. The van der Waals surface area contributed by atoms with Gasteiger partial charge in [-0.15, -0.1) is 11.3 Å². The number of methoxy groups -OCH3 is 1. The monoisotopic (exact) mass is 218 g/mol. The zero-order valence-electron chi connectivity index (χ0n) is 7.69. The van der Waals surface area contributed by atoms with Crippen molar-refractivity contribution in [1.29, 1.82) is 0 Å². The Morgan fingerprint density at radius 2 is 2.38 bits per heavy atom. The van der Waals surface area contributed by atoms with E-state index < -0.39 is 10.8 Å². The van der Waals surface area contributed by atoms with Crippen LogP contribution in [0.15, 0.2) is 17.5 Å². The highest BCUT2D eigenvalue weighted by molar-refractivity contribution is 7.85. The minimum absolute atomic E-state index is 0.594. The van der Waals surface area contributed by atoms with Crippen LogP contribution in [0.5, 0.6) is 0 Å². The summed E-state index contributed by atoms with van der Waals surface area (Å²) in [5, 5.41) is 2.05. The molecule has 0 aliphatic heterocycles. The SMILES string of the molecule is COCC[S@@](=O)CCc1cccs1. The number of rotatable bonds is 6. The summed E-state index contributed by atoms with van der Waals surface area (Å²) in [5.41, 5.74) is 0. The molecule has 1 rings (SSSR count). The Labute approximate surface area is 85.4 Å². The van der Waals surface area contributed by atoms with Crippen LogP contribution in [-0.4, -0.2) is 29.4 Å². The summed E-state index contributed by atoms with van der Waals surface area (Å²) in [4.78, 5) is 1.31. The van der Waals surface area contributed by atoms with Gasteiger partial charge in [-0.3, -0.25) is 4.21 Å². The molecule has 0 aliphatic carbocycles. The zero-order valence-corrected chi connectivity index (χ0v) is 9.33. The average Bonchev–Trinajstić information content (AvgIpc) is 2.64. The fourth-order valence-electron chi connectivity index (χ4n) is 0.948. The predicted octanol–water partition coefficient (Wildman–Crippen LogP) is 1.69. The summed E-state index contributed by atoms with van der Waals surface area (Å²) in [6.07, 6.45) is 0.925. The number of ether oxygens (including phenoxy) is 1. The minimum atomic E-state index is -0.723. The third kappa shape index (κ3) is 4.55. The molecule has 0 radical (unpaired) electrons. The Kier molecular flexibility index (Phi) is 5.27. The molecule has 1 atom stereocenters. The molecule has 2 nitrogen and oxygen atoms in total. The molecule has 1 aromatic heterocycles. The van der Waals surface area contributed by atoms with Gasteiger partial charge in [0.2, 0.25) is 0 Å². The van der Waals surface area contributed by atoms with E-state index in [1.54, 1.807) is 18.4 Å². The molecule has 0 spiro atoms. The third-order valence-electron chi connectivity index (χ3n) is 1.67. The largest absolute Gasteiger partial charge is 0.384 e. The van der Waals surface area contributed by atoms with Crippen LogP contribution in [-0.2, 0) is 22.0 Å². The lowest BCUT2D eigenvalue weighted by atomic mass is 10.4. The van der Waals surface area contributed by atoms with Gasteiger partial charge in [0.1, 0.15) is 0 Å². The topological polar surface area (TPSA) is 26.3 Å². The van der Waals surface area contributed by atoms with E-state index in [1.807, 2.05) is 11.4 Å². The van der Waals surface area contributed by atoms with Crippen molar-refractivity contribution in [3.63, 3.8) is 0 Å². The van der Waals surface area contributed by atoms with Crippen molar-refractivity contribution in [3.8, 4) is 0 Å². The van der Waals surface area contributed by atoms with Crippen LogP contribution >= 0.6 is 11.3 Å². The number of hydrogen-bond acceptors (Lipinski definition) is 3. The van der Waals surface area contributed by atoms with Crippen LogP contribution in [0.1, 0.15) is 4.88 Å². The molecule has 0 unspecified atom stereocenters. The second-order valence-corrected chi connectivity index (χ2v) is 5.40. The van der Waals surface area contributed by atoms with Crippen molar-refractivity contribution in [2.75, 3.05) is 25.2 Å². The van der Waals surface area contributed by atoms with Crippen LogP contribution in [0.4, 0.5) is 0 Å². The van der Waals surface area contributed by atoms with Gasteiger partial charge in [0.15, 0.2) is 0 Å². The van der Waals surface area contributed by atoms with Crippen LogP contribution < -0.4 is 0 Å². The zero-order chi connectivity index (χ0) is 9.52. The summed E-state index contributed by atoms with van der Waals surface area (Å²) in [6, 6.07) is 4.11. The van der Waals surface area contributed by atoms with E-state index in [9.17, 15) is 4.21 Å². The quantitative estimate of drug-likeness (QED) is 0.726. The fourth-order valence-corrected chi connectivity index (χ4v) is 2.79. The fraction of sp³-hybridized carbons (Fsp3) is 0.556. The van der Waals surface area contributed by atoms with Crippen molar-refractivity contribution in [2.24, 2.45) is 0 Å². The predicted molar refractivity (Wildman–Crippen MR) is 57.8 cm³/mol. The second kappa shape index (κ2) is 6.29. The first kappa shape index (κ1) is 10.9. The average molecular weight is 218 g/mol. The summed E-state index contributed by atoms with van der Waals surface area (Å²) in [5.74, 6) is 1.41. The summed E-state index contributed by atoms with van der Waals surface area (Å²) in [6.45, 7) is 0.594. The van der Waals surface area contributed by atoms with E-state index in [2.05, 4.69) is 6.07 Å². The maximum atomic E-state index is 11.3. The Bertz CT molecular complexity index is 244. The third-order valence-corrected chi connectivity index (χ3v) is 3.89. The Balaban J connectivity index is 2.15. The molecule has 0 N–H and O–H groups in total. The van der Waals surface area contributed by atoms with Crippen LogP contribution in [0.2, 0.25) is 0 Å². The molecule has 0 fully saturated rings. The van der Waals surface area contributed by atoms with Crippen molar-refractivity contribution in [3.05, 3.63) is 22.4 Å². The molecule has 74 valence electrons. The molecule has 1 aromatic rings. The summed E-state index contributed by atoms with van der Waals surface area (Å²) >= 11 is 1.72. The van der Waals surface area contributed by atoms with Gasteiger partial charge in [0.25, 0.3) is 0 Å². The van der Waals surface area contributed by atoms with E-state index in [-0.39, 0.29) is 0 Å². The van der Waals surface area contributed by atoms with E-state index in [1.165, 1.54) is 4.88 Å². The van der Waals surface area contributed by atoms with Crippen molar-refractivity contribution < 1.29 is 8.95 Å². The van der Waals surface area contributed by atoms with Crippen LogP contribution in [0, 0.1) is 0 Å². The van der Waals surface area contributed by atoms with Gasteiger partial charge in [0.05, 0.1) is 6.61 Å². The number of hydrogen-bond donors (Lipinski definition) is 0. The van der Waals surface area contributed by atoms with Gasteiger partial charge < -0.3 is 4.74 Å².